The number of ether oxygens (including phenoxy) is 2. The molecule has 0 heterocycles. The molecule has 0 radical (unpaired) electrons. The third-order valence-electron chi connectivity index (χ3n) is 1.64. The van der Waals surface area contributed by atoms with Crippen LogP contribution < -0.4 is 0 Å². The summed E-state index contributed by atoms with van der Waals surface area (Å²) in [5, 5.41) is 9.23. The third-order valence-corrected chi connectivity index (χ3v) is 1.64. The Balaban J connectivity index is 4.26. The Morgan fingerprint density at radius 1 is 0.875 bits per heavy atom. The molecule has 0 aliphatic rings. The average molecular weight is 232 g/mol. The minimum absolute atomic E-state index is 0.637. The van der Waals surface area contributed by atoms with E-state index in [1.807, 2.05) is 0 Å². The van der Waals surface area contributed by atoms with Gasteiger partial charge in [-0.25, -0.2) is 0 Å². The van der Waals surface area contributed by atoms with Gasteiger partial charge in [0.15, 0.2) is 0 Å². The zero-order valence-corrected chi connectivity index (χ0v) is 10.7. The fraction of sp³-hybridized carbons (Fsp3) is 0.818. The van der Waals surface area contributed by atoms with E-state index in [2.05, 4.69) is 9.47 Å². The molecule has 0 saturated carbocycles. The molecule has 0 aliphatic heterocycles. The Bertz CT molecular complexity index is 241. The Labute approximate surface area is 95.7 Å². The molecule has 0 aromatic heterocycles. The average Bonchev–Trinajstić information content (AvgIpc) is 1.99. The van der Waals surface area contributed by atoms with Crippen LogP contribution in [0.4, 0.5) is 0 Å². The van der Waals surface area contributed by atoms with Crippen molar-refractivity contribution in [1.82, 2.24) is 0 Å². The van der Waals surface area contributed by atoms with E-state index in [1.165, 1.54) is 0 Å². The van der Waals surface area contributed by atoms with Gasteiger partial charge in [0.2, 0.25) is 0 Å². The van der Waals surface area contributed by atoms with E-state index in [-0.39, 0.29) is 0 Å². The Morgan fingerprint density at radius 2 is 1.12 bits per heavy atom. The predicted molar refractivity (Wildman–Crippen MR) is 57.1 cm³/mol. The second-order valence-electron chi connectivity index (χ2n) is 5.62. The maximum Gasteiger partial charge on any atom is 0.362 e. The molecule has 0 rings (SSSR count). The van der Waals surface area contributed by atoms with Crippen molar-refractivity contribution in [3.8, 4) is 0 Å². The number of hydrogen-bond donors (Lipinski definition) is 1. The van der Waals surface area contributed by atoms with Crippen molar-refractivity contribution in [2.45, 2.75) is 48.0 Å². The Kier molecular flexibility index (Phi) is 4.49. The van der Waals surface area contributed by atoms with Crippen molar-refractivity contribution in [2.75, 3.05) is 0 Å². The molecular weight excluding hydrogens is 212 g/mol. The lowest BCUT2D eigenvalue weighted by Gasteiger charge is -2.22. The largest absolute Gasteiger partial charge is 0.400 e. The van der Waals surface area contributed by atoms with Crippen LogP contribution in [-0.2, 0) is 19.1 Å². The highest BCUT2D eigenvalue weighted by Crippen LogP contribution is 2.19. The number of hydrogen-bond acceptors (Lipinski definition) is 5. The smallest absolute Gasteiger partial charge is 0.362 e. The van der Waals surface area contributed by atoms with Gasteiger partial charge in [0.25, 0.3) is 0 Å². The third kappa shape index (κ3) is 5.11. The van der Waals surface area contributed by atoms with Crippen LogP contribution in [0.15, 0.2) is 0 Å². The Hall–Kier alpha value is -1.10. The maximum absolute atomic E-state index is 11.3. The van der Waals surface area contributed by atoms with Gasteiger partial charge in [-0.15, -0.1) is 0 Å². The van der Waals surface area contributed by atoms with Crippen LogP contribution in [0.3, 0.4) is 0 Å². The second kappa shape index (κ2) is 4.82. The minimum atomic E-state index is -1.85. The molecule has 1 N–H and O–H groups in total. The molecule has 0 aromatic rings. The van der Waals surface area contributed by atoms with E-state index in [0.717, 1.165) is 0 Å². The van der Waals surface area contributed by atoms with Gasteiger partial charge in [0, 0.05) is 0 Å². The van der Waals surface area contributed by atoms with Crippen LogP contribution in [0, 0.1) is 10.8 Å². The van der Waals surface area contributed by atoms with Gasteiger partial charge in [-0.2, -0.15) is 0 Å². The summed E-state index contributed by atoms with van der Waals surface area (Å²) in [6.07, 6.45) is 0. The van der Waals surface area contributed by atoms with E-state index < -0.39 is 29.2 Å². The summed E-state index contributed by atoms with van der Waals surface area (Å²) in [5.74, 6) is -1.27. The highest BCUT2D eigenvalue weighted by molar-refractivity contribution is 5.77. The van der Waals surface area contributed by atoms with Crippen molar-refractivity contribution in [3.05, 3.63) is 0 Å². The normalized spacial score (nSPS) is 12.5. The molecule has 5 heteroatoms. The molecule has 0 amide bonds. The zero-order valence-electron chi connectivity index (χ0n) is 10.7. The first-order chi connectivity index (χ1) is 6.94. The van der Waals surface area contributed by atoms with Gasteiger partial charge in [-0.3, -0.25) is 9.59 Å². The van der Waals surface area contributed by atoms with Crippen LogP contribution in [0.2, 0.25) is 0 Å². The van der Waals surface area contributed by atoms with E-state index in [9.17, 15) is 14.7 Å². The number of rotatable bonds is 2. The monoisotopic (exact) mass is 232 g/mol. The molecule has 0 spiro atoms. The number of carbonyl (C=O) groups is 2. The highest BCUT2D eigenvalue weighted by Gasteiger charge is 2.30. The summed E-state index contributed by atoms with van der Waals surface area (Å²) in [6.45, 7) is 7.95. The van der Waals surface area contributed by atoms with Crippen molar-refractivity contribution in [3.63, 3.8) is 0 Å². The number of esters is 2. The molecule has 0 fully saturated rings. The van der Waals surface area contributed by atoms with Crippen LogP contribution in [0.5, 0.6) is 0 Å². The maximum atomic E-state index is 11.3. The second-order valence-corrected chi connectivity index (χ2v) is 5.62. The molecule has 0 bridgehead atoms. The van der Waals surface area contributed by atoms with Crippen LogP contribution >= 0.6 is 0 Å². The van der Waals surface area contributed by atoms with Gasteiger partial charge < -0.3 is 14.6 Å². The summed E-state index contributed by atoms with van der Waals surface area (Å²) in [6, 6.07) is 0. The summed E-state index contributed by atoms with van der Waals surface area (Å²) in [5.41, 5.74) is -1.51. The first kappa shape index (κ1) is 14.9. The van der Waals surface area contributed by atoms with E-state index in [4.69, 9.17) is 0 Å². The molecule has 0 saturated heterocycles. The lowest BCUT2D eigenvalue weighted by atomic mass is 9.97. The van der Waals surface area contributed by atoms with Gasteiger partial charge in [-0.05, 0) is 41.5 Å². The van der Waals surface area contributed by atoms with Gasteiger partial charge >= 0.3 is 18.4 Å². The van der Waals surface area contributed by atoms with Gasteiger partial charge in [-0.1, -0.05) is 0 Å². The van der Waals surface area contributed by atoms with E-state index >= 15 is 0 Å². The molecule has 0 aliphatic carbocycles. The molecular formula is C11H20O5. The first-order valence-corrected chi connectivity index (χ1v) is 5.05. The first-order valence-electron chi connectivity index (χ1n) is 5.05. The fourth-order valence-corrected chi connectivity index (χ4v) is 0.561. The quantitative estimate of drug-likeness (QED) is 0.576. The standard InChI is InChI=1S/C11H20O5/c1-10(2,3)7(12)15-9(14)16-8(13)11(4,5)6/h9,14H,1-6H3. The van der Waals surface area contributed by atoms with E-state index in [1.54, 1.807) is 41.5 Å². The summed E-state index contributed by atoms with van der Waals surface area (Å²) >= 11 is 0. The predicted octanol–water partition coefficient (Wildman–Crippen LogP) is 1.44. The van der Waals surface area contributed by atoms with Gasteiger partial charge in [0.05, 0.1) is 10.8 Å². The fourth-order valence-electron chi connectivity index (χ4n) is 0.561. The number of aliphatic hydroxyl groups is 1. The van der Waals surface area contributed by atoms with Crippen LogP contribution in [-0.4, -0.2) is 23.5 Å². The lowest BCUT2D eigenvalue weighted by molar-refractivity contribution is -0.254. The lowest BCUT2D eigenvalue weighted by Crippen LogP contribution is -2.34. The minimum Gasteiger partial charge on any atom is -0.400 e. The molecule has 94 valence electrons. The molecule has 0 aromatic carbocycles. The van der Waals surface area contributed by atoms with Crippen molar-refractivity contribution in [2.24, 2.45) is 10.8 Å². The van der Waals surface area contributed by atoms with E-state index in [0.29, 0.717) is 0 Å². The molecule has 5 nitrogen and oxygen atoms in total. The van der Waals surface area contributed by atoms with Crippen LogP contribution in [0.25, 0.3) is 0 Å². The molecule has 0 unspecified atom stereocenters. The molecule has 16 heavy (non-hydrogen) atoms. The number of aliphatic hydroxyl groups excluding tert-OH is 1. The highest BCUT2D eigenvalue weighted by atomic mass is 16.8. The SMILES string of the molecule is CC(C)(C)C(=O)OC(O)OC(=O)C(C)(C)C. The topological polar surface area (TPSA) is 72.8 Å². The number of carbonyl (C=O) groups excluding carboxylic acids is 2. The van der Waals surface area contributed by atoms with Crippen molar-refractivity contribution < 1.29 is 24.2 Å². The van der Waals surface area contributed by atoms with Crippen molar-refractivity contribution >= 4 is 11.9 Å². The van der Waals surface area contributed by atoms with Crippen LogP contribution in [0.1, 0.15) is 41.5 Å². The Morgan fingerprint density at radius 3 is 1.31 bits per heavy atom. The molecule has 0 atom stereocenters. The summed E-state index contributed by atoms with van der Waals surface area (Å²) in [4.78, 5) is 22.7. The summed E-state index contributed by atoms with van der Waals surface area (Å²) in [7, 11) is 0. The van der Waals surface area contributed by atoms with Crippen molar-refractivity contribution in [1.29, 1.82) is 0 Å². The summed E-state index contributed by atoms with van der Waals surface area (Å²) < 4.78 is 9.11. The van der Waals surface area contributed by atoms with Gasteiger partial charge in [0.1, 0.15) is 0 Å². The zero-order chi connectivity index (χ0) is 13.1.